The Hall–Kier alpha value is -0.610. The van der Waals surface area contributed by atoms with Gasteiger partial charge in [0.2, 0.25) is 5.91 Å². The highest BCUT2D eigenvalue weighted by Gasteiger charge is 2.17. The summed E-state index contributed by atoms with van der Waals surface area (Å²) < 4.78 is 11.2. The van der Waals surface area contributed by atoms with Gasteiger partial charge < -0.3 is 25.0 Å². The summed E-state index contributed by atoms with van der Waals surface area (Å²) in [6, 6.07) is 0. The molecule has 0 atom stereocenters. The molecule has 0 aromatic rings. The molecule has 0 aromatic carbocycles. The van der Waals surface area contributed by atoms with Crippen molar-refractivity contribution in [2.75, 3.05) is 47.0 Å². The van der Waals surface area contributed by atoms with Crippen molar-refractivity contribution in [3.8, 4) is 0 Å². The number of nitrogens with zero attached hydrogens (tertiary/aromatic N) is 2. The van der Waals surface area contributed by atoms with Crippen LogP contribution in [0.4, 0.5) is 0 Å². The first-order valence-electron chi connectivity index (χ1n) is 8.74. The maximum atomic E-state index is 12.0. The highest BCUT2D eigenvalue weighted by atomic mass is 127. The number of ether oxygens (including phenoxy) is 2. The van der Waals surface area contributed by atoms with Crippen molar-refractivity contribution < 1.29 is 14.3 Å². The van der Waals surface area contributed by atoms with Gasteiger partial charge >= 0.3 is 0 Å². The molecule has 1 heterocycles. The third-order valence-corrected chi connectivity index (χ3v) is 3.59. The maximum absolute atomic E-state index is 12.0. The SMILES string of the molecule is CN=C(NCCCOC1CCOCC1)N(C)CC(=O)NC(C)(C)C.I. The number of guanidine groups is 1. The first-order valence-corrected chi connectivity index (χ1v) is 8.74. The fraction of sp³-hybridized carbons (Fsp3) is 0.882. The minimum Gasteiger partial charge on any atom is -0.381 e. The number of carbonyl (C=O) groups excluding carboxylic acids is 1. The van der Waals surface area contributed by atoms with Crippen molar-refractivity contribution in [2.24, 2.45) is 4.99 Å². The van der Waals surface area contributed by atoms with Crippen LogP contribution in [-0.4, -0.2) is 75.4 Å². The zero-order valence-corrected chi connectivity index (χ0v) is 18.6. The Bertz CT molecular complexity index is 407. The quantitative estimate of drug-likeness (QED) is 0.256. The number of hydrogen-bond acceptors (Lipinski definition) is 4. The molecule has 0 aromatic heterocycles. The largest absolute Gasteiger partial charge is 0.381 e. The normalized spacial score (nSPS) is 16.1. The van der Waals surface area contributed by atoms with Crippen LogP contribution in [0.5, 0.6) is 0 Å². The molecule has 148 valence electrons. The summed E-state index contributed by atoms with van der Waals surface area (Å²) in [7, 11) is 3.58. The monoisotopic (exact) mass is 470 g/mol. The Labute approximate surface area is 169 Å². The van der Waals surface area contributed by atoms with E-state index >= 15 is 0 Å². The van der Waals surface area contributed by atoms with Gasteiger partial charge in [-0.15, -0.1) is 24.0 Å². The second-order valence-electron chi connectivity index (χ2n) is 7.16. The lowest BCUT2D eigenvalue weighted by Gasteiger charge is -2.25. The molecular weight excluding hydrogens is 435 g/mol. The molecule has 0 unspecified atom stereocenters. The molecule has 1 amide bonds. The molecule has 8 heteroatoms. The molecule has 7 nitrogen and oxygen atoms in total. The van der Waals surface area contributed by atoms with E-state index in [9.17, 15) is 4.79 Å². The number of rotatable bonds is 7. The molecule has 0 saturated carbocycles. The van der Waals surface area contributed by atoms with Crippen molar-refractivity contribution in [3.05, 3.63) is 0 Å². The Morgan fingerprint density at radius 3 is 2.52 bits per heavy atom. The van der Waals surface area contributed by atoms with E-state index in [1.54, 1.807) is 7.05 Å². The number of amides is 1. The van der Waals surface area contributed by atoms with Crippen molar-refractivity contribution in [3.63, 3.8) is 0 Å². The van der Waals surface area contributed by atoms with Crippen LogP contribution in [-0.2, 0) is 14.3 Å². The van der Waals surface area contributed by atoms with Gasteiger partial charge in [0.1, 0.15) is 0 Å². The van der Waals surface area contributed by atoms with Gasteiger partial charge in [-0.3, -0.25) is 9.79 Å². The first-order chi connectivity index (χ1) is 11.3. The highest BCUT2D eigenvalue weighted by Crippen LogP contribution is 2.10. The third-order valence-electron chi connectivity index (χ3n) is 3.59. The van der Waals surface area contributed by atoms with E-state index in [1.165, 1.54) is 0 Å². The molecular formula is C17H35IN4O3. The summed E-state index contributed by atoms with van der Waals surface area (Å²) >= 11 is 0. The number of likely N-dealkylation sites (N-methyl/N-ethyl adjacent to an activating group) is 1. The van der Waals surface area contributed by atoms with Gasteiger partial charge in [-0.1, -0.05) is 0 Å². The van der Waals surface area contributed by atoms with Gasteiger partial charge in [-0.2, -0.15) is 0 Å². The molecule has 0 bridgehead atoms. The number of aliphatic imine (C=N–C) groups is 1. The van der Waals surface area contributed by atoms with Gasteiger partial charge in [0, 0.05) is 46.0 Å². The molecule has 1 aliphatic rings. The minimum absolute atomic E-state index is 0. The van der Waals surface area contributed by atoms with Crippen molar-refractivity contribution in [1.82, 2.24) is 15.5 Å². The van der Waals surface area contributed by atoms with Gasteiger partial charge in [0.25, 0.3) is 0 Å². The summed E-state index contributed by atoms with van der Waals surface area (Å²) in [5, 5.41) is 6.21. The topological polar surface area (TPSA) is 75.2 Å². The van der Waals surface area contributed by atoms with Crippen molar-refractivity contribution in [2.45, 2.75) is 51.7 Å². The standard InChI is InChI=1S/C17H34N4O3.HI/c1-17(2,3)20-15(22)13-21(5)16(18-4)19-9-6-10-24-14-7-11-23-12-8-14;/h14H,6-13H2,1-5H3,(H,18,19)(H,20,22);1H. The van der Waals surface area contributed by atoms with E-state index in [4.69, 9.17) is 9.47 Å². The Morgan fingerprint density at radius 2 is 1.96 bits per heavy atom. The van der Waals surface area contributed by atoms with Crippen LogP contribution >= 0.6 is 24.0 Å². The molecule has 25 heavy (non-hydrogen) atoms. The molecule has 0 radical (unpaired) electrons. The van der Waals surface area contributed by atoms with E-state index in [0.717, 1.165) is 45.6 Å². The van der Waals surface area contributed by atoms with Crippen LogP contribution in [0.15, 0.2) is 4.99 Å². The van der Waals surface area contributed by atoms with Gasteiger partial charge in [-0.05, 0) is 40.0 Å². The zero-order chi connectivity index (χ0) is 18.0. The van der Waals surface area contributed by atoms with Crippen LogP contribution in [0, 0.1) is 0 Å². The number of carbonyl (C=O) groups is 1. The van der Waals surface area contributed by atoms with E-state index in [2.05, 4.69) is 15.6 Å². The first kappa shape index (κ1) is 24.4. The predicted molar refractivity (Wildman–Crippen MR) is 112 cm³/mol. The van der Waals surface area contributed by atoms with Crippen LogP contribution in [0.3, 0.4) is 0 Å². The number of nitrogens with one attached hydrogen (secondary N) is 2. The lowest BCUT2D eigenvalue weighted by atomic mass is 10.1. The van der Waals surface area contributed by atoms with Gasteiger partial charge in [-0.25, -0.2) is 0 Å². The van der Waals surface area contributed by atoms with Gasteiger partial charge in [0.05, 0.1) is 12.6 Å². The predicted octanol–water partition coefficient (Wildman–Crippen LogP) is 1.61. The highest BCUT2D eigenvalue weighted by molar-refractivity contribution is 14.0. The molecule has 2 N–H and O–H groups in total. The van der Waals surface area contributed by atoms with Gasteiger partial charge in [0.15, 0.2) is 5.96 Å². The third kappa shape index (κ3) is 11.6. The van der Waals surface area contributed by atoms with Crippen LogP contribution in [0.1, 0.15) is 40.0 Å². The van der Waals surface area contributed by atoms with Crippen LogP contribution in [0.2, 0.25) is 0 Å². The Kier molecular flexibility index (Phi) is 12.4. The second kappa shape index (κ2) is 12.7. The summed E-state index contributed by atoms with van der Waals surface area (Å²) in [5.74, 6) is 0.695. The average Bonchev–Trinajstić information content (AvgIpc) is 2.49. The van der Waals surface area contributed by atoms with E-state index in [-0.39, 0.29) is 42.0 Å². The minimum atomic E-state index is -0.226. The molecule has 1 aliphatic heterocycles. The molecule has 0 spiro atoms. The summed E-state index contributed by atoms with van der Waals surface area (Å²) in [6.07, 6.45) is 3.21. The Balaban J connectivity index is 0.00000576. The zero-order valence-electron chi connectivity index (χ0n) is 16.3. The Morgan fingerprint density at radius 1 is 1.32 bits per heavy atom. The summed E-state index contributed by atoms with van der Waals surface area (Å²) in [5.41, 5.74) is -0.226. The maximum Gasteiger partial charge on any atom is 0.240 e. The van der Waals surface area contributed by atoms with Crippen LogP contribution in [0.25, 0.3) is 0 Å². The lowest BCUT2D eigenvalue weighted by molar-refractivity contribution is -0.122. The molecule has 0 aliphatic carbocycles. The second-order valence-corrected chi connectivity index (χ2v) is 7.16. The van der Waals surface area contributed by atoms with Crippen molar-refractivity contribution in [1.29, 1.82) is 0 Å². The molecule has 1 saturated heterocycles. The fourth-order valence-electron chi connectivity index (χ4n) is 2.50. The van der Waals surface area contributed by atoms with E-state index in [1.807, 2.05) is 32.7 Å². The van der Waals surface area contributed by atoms with Crippen LogP contribution < -0.4 is 10.6 Å². The van der Waals surface area contributed by atoms with Crippen molar-refractivity contribution >= 4 is 35.8 Å². The summed E-state index contributed by atoms with van der Waals surface area (Å²) in [4.78, 5) is 18.0. The average molecular weight is 470 g/mol. The lowest BCUT2D eigenvalue weighted by Crippen LogP contribution is -2.48. The van der Waals surface area contributed by atoms with E-state index < -0.39 is 0 Å². The smallest absolute Gasteiger partial charge is 0.240 e. The van der Waals surface area contributed by atoms with E-state index in [0.29, 0.717) is 12.1 Å². The number of hydrogen-bond donors (Lipinski definition) is 2. The summed E-state index contributed by atoms with van der Waals surface area (Å²) in [6.45, 7) is 9.27. The molecule has 1 fully saturated rings. The number of halogens is 1. The molecule has 1 rings (SSSR count). The fourth-order valence-corrected chi connectivity index (χ4v) is 2.50.